The lowest BCUT2D eigenvalue weighted by Gasteiger charge is -2.12. The van der Waals surface area contributed by atoms with Crippen molar-refractivity contribution in [3.05, 3.63) is 54.6 Å². The van der Waals surface area contributed by atoms with Gasteiger partial charge in [-0.1, -0.05) is 30.3 Å². The van der Waals surface area contributed by atoms with E-state index in [1.165, 1.54) is 5.39 Å². The predicted octanol–water partition coefficient (Wildman–Crippen LogP) is 4.13. The van der Waals surface area contributed by atoms with Gasteiger partial charge >= 0.3 is 5.97 Å². The van der Waals surface area contributed by atoms with Crippen molar-refractivity contribution in [2.75, 3.05) is 11.9 Å². The van der Waals surface area contributed by atoms with Crippen LogP contribution in [-0.4, -0.2) is 18.5 Å². The summed E-state index contributed by atoms with van der Waals surface area (Å²) in [5.41, 5.74) is 0.666. The maximum Gasteiger partial charge on any atom is 0.318 e. The molecule has 24 heavy (non-hydrogen) atoms. The average molecular weight is 321 g/mol. The molecule has 1 atom stereocenters. The quantitative estimate of drug-likeness (QED) is 0.446. The van der Waals surface area contributed by atoms with Gasteiger partial charge in [0.05, 0.1) is 6.61 Å². The highest BCUT2D eigenvalue weighted by Crippen LogP contribution is 2.25. The first-order chi connectivity index (χ1) is 11.6. The maximum atomic E-state index is 12.2. The van der Waals surface area contributed by atoms with Crippen molar-refractivity contribution >= 4 is 39.1 Å². The van der Waals surface area contributed by atoms with E-state index in [9.17, 15) is 9.59 Å². The largest absolute Gasteiger partial charge is 0.465 e. The van der Waals surface area contributed by atoms with Gasteiger partial charge in [-0.05, 0) is 59.7 Å². The van der Waals surface area contributed by atoms with E-state index >= 15 is 0 Å². The Bertz CT molecular complexity index is 917. The lowest BCUT2D eigenvalue weighted by Crippen LogP contribution is -2.28. The monoisotopic (exact) mass is 321 g/mol. The van der Waals surface area contributed by atoms with Crippen molar-refractivity contribution < 1.29 is 14.3 Å². The first-order valence-electron chi connectivity index (χ1n) is 7.98. The molecule has 0 aliphatic rings. The molecule has 1 unspecified atom stereocenters. The zero-order chi connectivity index (χ0) is 17.1. The average Bonchev–Trinajstić information content (AvgIpc) is 2.59. The van der Waals surface area contributed by atoms with Crippen molar-refractivity contribution in [1.29, 1.82) is 0 Å². The number of carbonyl (C=O) groups excluding carboxylic acids is 2. The number of rotatable bonds is 4. The van der Waals surface area contributed by atoms with E-state index < -0.39 is 11.9 Å². The topological polar surface area (TPSA) is 55.4 Å². The number of hydrogen-bond donors (Lipinski definition) is 1. The lowest BCUT2D eigenvalue weighted by atomic mass is 10.0. The van der Waals surface area contributed by atoms with Gasteiger partial charge in [0.25, 0.3) is 0 Å². The first-order valence-corrected chi connectivity index (χ1v) is 7.98. The molecule has 3 aromatic carbocycles. The second kappa shape index (κ2) is 6.71. The number of esters is 1. The van der Waals surface area contributed by atoms with Crippen molar-refractivity contribution in [2.45, 2.75) is 13.8 Å². The van der Waals surface area contributed by atoms with Crippen LogP contribution in [0, 0.1) is 5.92 Å². The summed E-state index contributed by atoms with van der Waals surface area (Å²) in [7, 11) is 0. The molecule has 0 aromatic heterocycles. The Hall–Kier alpha value is -2.88. The molecule has 1 N–H and O–H groups in total. The normalized spacial score (nSPS) is 12.1. The fraction of sp³-hybridized carbons (Fsp3) is 0.200. The minimum Gasteiger partial charge on any atom is -0.465 e. The molecule has 0 fully saturated rings. The molecule has 1 amide bonds. The SMILES string of the molecule is CCOC(=O)C(C)C(=O)Nc1ccc2cc3ccccc3cc2c1. The zero-order valence-electron chi connectivity index (χ0n) is 13.7. The molecule has 0 radical (unpaired) electrons. The Kier molecular flexibility index (Phi) is 4.47. The van der Waals surface area contributed by atoms with Crippen molar-refractivity contribution in [1.82, 2.24) is 0 Å². The highest BCUT2D eigenvalue weighted by molar-refractivity contribution is 6.06. The van der Waals surface area contributed by atoms with Crippen LogP contribution in [0.25, 0.3) is 21.5 Å². The van der Waals surface area contributed by atoms with Gasteiger partial charge in [-0.3, -0.25) is 9.59 Å². The summed E-state index contributed by atoms with van der Waals surface area (Å²) >= 11 is 0. The number of anilines is 1. The van der Waals surface area contributed by atoms with Crippen LogP contribution in [0.4, 0.5) is 5.69 Å². The van der Waals surface area contributed by atoms with E-state index in [1.54, 1.807) is 13.8 Å². The van der Waals surface area contributed by atoms with Crippen LogP contribution in [0.3, 0.4) is 0 Å². The number of benzene rings is 3. The van der Waals surface area contributed by atoms with E-state index in [2.05, 4.69) is 29.6 Å². The minimum absolute atomic E-state index is 0.263. The van der Waals surface area contributed by atoms with Gasteiger partial charge in [-0.25, -0.2) is 0 Å². The van der Waals surface area contributed by atoms with Gasteiger partial charge in [-0.2, -0.15) is 0 Å². The fourth-order valence-corrected chi connectivity index (χ4v) is 2.64. The number of nitrogens with one attached hydrogen (secondary N) is 1. The molecule has 0 aliphatic carbocycles. The Morgan fingerprint density at radius 1 is 0.958 bits per heavy atom. The molecular formula is C20H19NO3. The third-order valence-corrected chi connectivity index (χ3v) is 4.01. The molecule has 4 heteroatoms. The zero-order valence-corrected chi connectivity index (χ0v) is 13.7. The van der Waals surface area contributed by atoms with Crippen LogP contribution >= 0.6 is 0 Å². The fourth-order valence-electron chi connectivity index (χ4n) is 2.64. The van der Waals surface area contributed by atoms with E-state index in [0.29, 0.717) is 5.69 Å². The second-order valence-corrected chi connectivity index (χ2v) is 5.72. The Balaban J connectivity index is 1.86. The summed E-state index contributed by atoms with van der Waals surface area (Å²) < 4.78 is 4.88. The van der Waals surface area contributed by atoms with Gasteiger partial charge in [0.2, 0.25) is 5.91 Å². The van der Waals surface area contributed by atoms with E-state index in [0.717, 1.165) is 16.2 Å². The summed E-state index contributed by atoms with van der Waals surface area (Å²) in [5.74, 6) is -1.72. The molecule has 122 valence electrons. The standard InChI is InChI=1S/C20H19NO3/c1-3-24-20(23)13(2)19(22)21-18-9-8-16-10-14-6-4-5-7-15(14)11-17(16)12-18/h4-13H,3H2,1-2H3,(H,21,22). The predicted molar refractivity (Wildman–Crippen MR) is 95.9 cm³/mol. The summed E-state index contributed by atoms with van der Waals surface area (Å²) in [6.07, 6.45) is 0. The molecule has 4 nitrogen and oxygen atoms in total. The van der Waals surface area contributed by atoms with Gasteiger partial charge in [0.15, 0.2) is 0 Å². The Labute approximate surface area is 140 Å². The number of fused-ring (bicyclic) bond motifs is 2. The highest BCUT2D eigenvalue weighted by atomic mass is 16.5. The summed E-state index contributed by atoms with van der Waals surface area (Å²) in [5, 5.41) is 7.25. The Morgan fingerprint density at radius 2 is 1.58 bits per heavy atom. The summed E-state index contributed by atoms with van der Waals surface area (Å²) in [6, 6.07) is 18.1. The smallest absolute Gasteiger partial charge is 0.318 e. The van der Waals surface area contributed by atoms with Crippen LogP contribution in [0.2, 0.25) is 0 Å². The minimum atomic E-state index is -0.836. The number of ether oxygens (including phenoxy) is 1. The third-order valence-electron chi connectivity index (χ3n) is 4.01. The molecule has 0 spiro atoms. The van der Waals surface area contributed by atoms with E-state index in [4.69, 9.17) is 4.74 Å². The van der Waals surface area contributed by atoms with Crippen molar-refractivity contribution in [3.63, 3.8) is 0 Å². The molecule has 3 aromatic rings. The molecule has 0 aliphatic heterocycles. The molecule has 0 heterocycles. The molecule has 0 saturated heterocycles. The Morgan fingerprint density at radius 3 is 2.25 bits per heavy atom. The lowest BCUT2D eigenvalue weighted by molar-refractivity contribution is -0.150. The maximum absolute atomic E-state index is 12.2. The van der Waals surface area contributed by atoms with Crippen molar-refractivity contribution in [3.8, 4) is 0 Å². The van der Waals surface area contributed by atoms with E-state index in [1.807, 2.05) is 30.3 Å². The first kappa shape index (κ1) is 16.0. The van der Waals surface area contributed by atoms with Crippen molar-refractivity contribution in [2.24, 2.45) is 5.92 Å². The highest BCUT2D eigenvalue weighted by Gasteiger charge is 2.22. The van der Waals surface area contributed by atoms with Gasteiger partial charge in [-0.15, -0.1) is 0 Å². The number of hydrogen-bond acceptors (Lipinski definition) is 3. The van der Waals surface area contributed by atoms with Crippen LogP contribution in [0.15, 0.2) is 54.6 Å². The van der Waals surface area contributed by atoms with Gasteiger partial charge < -0.3 is 10.1 Å². The number of amides is 1. The molecule has 0 saturated carbocycles. The van der Waals surface area contributed by atoms with Gasteiger partial charge in [0.1, 0.15) is 5.92 Å². The third kappa shape index (κ3) is 3.23. The molecule has 0 bridgehead atoms. The summed E-state index contributed by atoms with van der Waals surface area (Å²) in [4.78, 5) is 23.8. The van der Waals surface area contributed by atoms with Crippen LogP contribution < -0.4 is 5.32 Å². The number of carbonyl (C=O) groups is 2. The molecular weight excluding hydrogens is 302 g/mol. The summed E-state index contributed by atoms with van der Waals surface area (Å²) in [6.45, 7) is 3.53. The molecule has 3 rings (SSSR count). The van der Waals surface area contributed by atoms with E-state index in [-0.39, 0.29) is 12.5 Å². The van der Waals surface area contributed by atoms with Crippen LogP contribution in [0.5, 0.6) is 0 Å². The van der Waals surface area contributed by atoms with Crippen LogP contribution in [-0.2, 0) is 14.3 Å². The van der Waals surface area contributed by atoms with Gasteiger partial charge in [0, 0.05) is 5.69 Å². The van der Waals surface area contributed by atoms with Crippen LogP contribution in [0.1, 0.15) is 13.8 Å². The second-order valence-electron chi connectivity index (χ2n) is 5.72.